The Balaban J connectivity index is 1.64. The lowest BCUT2D eigenvalue weighted by molar-refractivity contribution is 0.0746. The standard InChI is InChI=1S/C18H19BrN2O2/c1-23-15-8-6-14(7-9-15)20-10-12-21(13-11-20)18(22)16-4-2-3-5-17(16)19/h2-9H,10-13H2,1H3. The zero-order chi connectivity index (χ0) is 16.2. The van der Waals surface area contributed by atoms with Gasteiger partial charge in [0.25, 0.3) is 5.91 Å². The van der Waals surface area contributed by atoms with Crippen LogP contribution >= 0.6 is 15.9 Å². The number of halogens is 1. The van der Waals surface area contributed by atoms with E-state index in [2.05, 4.69) is 33.0 Å². The molecule has 0 spiro atoms. The highest BCUT2D eigenvalue weighted by Gasteiger charge is 2.23. The molecule has 0 unspecified atom stereocenters. The van der Waals surface area contributed by atoms with Crippen molar-refractivity contribution in [3.8, 4) is 5.75 Å². The summed E-state index contributed by atoms with van der Waals surface area (Å²) in [5, 5.41) is 0. The maximum Gasteiger partial charge on any atom is 0.255 e. The summed E-state index contributed by atoms with van der Waals surface area (Å²) < 4.78 is 6.04. The van der Waals surface area contributed by atoms with Crippen LogP contribution in [0.2, 0.25) is 0 Å². The molecule has 1 aliphatic rings. The highest BCUT2D eigenvalue weighted by Crippen LogP contribution is 2.22. The van der Waals surface area contributed by atoms with Gasteiger partial charge in [-0.3, -0.25) is 4.79 Å². The molecule has 1 fully saturated rings. The van der Waals surface area contributed by atoms with Crippen LogP contribution in [0, 0.1) is 0 Å². The molecule has 23 heavy (non-hydrogen) atoms. The number of amides is 1. The second kappa shape index (κ2) is 7.04. The lowest BCUT2D eigenvalue weighted by atomic mass is 10.1. The summed E-state index contributed by atoms with van der Waals surface area (Å²) in [6.45, 7) is 3.13. The average Bonchev–Trinajstić information content (AvgIpc) is 2.62. The molecule has 1 heterocycles. The molecule has 1 amide bonds. The number of benzene rings is 2. The number of piperazine rings is 1. The minimum Gasteiger partial charge on any atom is -0.497 e. The van der Waals surface area contributed by atoms with Gasteiger partial charge in [0.15, 0.2) is 0 Å². The molecule has 0 saturated carbocycles. The van der Waals surface area contributed by atoms with Crippen LogP contribution in [0.5, 0.6) is 5.75 Å². The second-order valence-electron chi connectivity index (χ2n) is 5.46. The summed E-state index contributed by atoms with van der Waals surface area (Å²) in [4.78, 5) is 16.8. The Morgan fingerprint density at radius 3 is 2.26 bits per heavy atom. The van der Waals surface area contributed by atoms with E-state index >= 15 is 0 Å². The number of anilines is 1. The Labute approximate surface area is 144 Å². The minimum atomic E-state index is 0.0897. The molecule has 0 N–H and O–H groups in total. The third-order valence-corrected chi connectivity index (χ3v) is 4.80. The predicted octanol–water partition coefficient (Wildman–Crippen LogP) is 3.42. The van der Waals surface area contributed by atoms with Gasteiger partial charge in [0.1, 0.15) is 5.75 Å². The summed E-state index contributed by atoms with van der Waals surface area (Å²) in [6.07, 6.45) is 0. The van der Waals surface area contributed by atoms with Crippen molar-refractivity contribution in [3.05, 3.63) is 58.6 Å². The van der Waals surface area contributed by atoms with Crippen molar-refractivity contribution in [3.63, 3.8) is 0 Å². The zero-order valence-corrected chi connectivity index (χ0v) is 14.6. The van der Waals surface area contributed by atoms with E-state index in [1.54, 1.807) is 7.11 Å². The molecule has 2 aromatic rings. The van der Waals surface area contributed by atoms with Gasteiger partial charge in [-0.2, -0.15) is 0 Å². The van der Waals surface area contributed by atoms with Crippen molar-refractivity contribution in [2.24, 2.45) is 0 Å². The van der Waals surface area contributed by atoms with Gasteiger partial charge in [-0.15, -0.1) is 0 Å². The molecule has 0 atom stereocenters. The minimum absolute atomic E-state index is 0.0897. The van der Waals surface area contributed by atoms with Crippen molar-refractivity contribution in [1.82, 2.24) is 4.90 Å². The number of ether oxygens (including phenoxy) is 1. The molecule has 0 radical (unpaired) electrons. The third-order valence-electron chi connectivity index (χ3n) is 4.11. The molecule has 2 aromatic carbocycles. The van der Waals surface area contributed by atoms with Crippen LogP contribution in [0.3, 0.4) is 0 Å². The second-order valence-corrected chi connectivity index (χ2v) is 6.31. The van der Waals surface area contributed by atoms with Gasteiger partial charge in [-0.05, 0) is 52.3 Å². The number of hydrogen-bond acceptors (Lipinski definition) is 3. The number of rotatable bonds is 3. The van der Waals surface area contributed by atoms with E-state index in [1.165, 1.54) is 5.69 Å². The van der Waals surface area contributed by atoms with Crippen LogP contribution in [0.25, 0.3) is 0 Å². The molecule has 3 rings (SSSR count). The summed E-state index contributed by atoms with van der Waals surface area (Å²) in [6, 6.07) is 15.6. The van der Waals surface area contributed by atoms with Crippen molar-refractivity contribution >= 4 is 27.5 Å². The predicted molar refractivity (Wildman–Crippen MR) is 95.3 cm³/mol. The number of hydrogen-bond donors (Lipinski definition) is 0. The van der Waals surface area contributed by atoms with E-state index in [9.17, 15) is 4.79 Å². The SMILES string of the molecule is COc1ccc(N2CCN(C(=O)c3ccccc3Br)CC2)cc1. The number of nitrogens with zero attached hydrogens (tertiary/aromatic N) is 2. The molecule has 0 bridgehead atoms. The van der Waals surface area contributed by atoms with Gasteiger partial charge in [0.05, 0.1) is 12.7 Å². The van der Waals surface area contributed by atoms with Crippen molar-refractivity contribution < 1.29 is 9.53 Å². The van der Waals surface area contributed by atoms with Gasteiger partial charge in [-0.1, -0.05) is 12.1 Å². The molecule has 5 heteroatoms. The maximum absolute atomic E-state index is 12.6. The highest BCUT2D eigenvalue weighted by molar-refractivity contribution is 9.10. The molecular formula is C18H19BrN2O2. The molecule has 120 valence electrons. The normalized spacial score (nSPS) is 14.7. The monoisotopic (exact) mass is 374 g/mol. The first kappa shape index (κ1) is 15.9. The number of methoxy groups -OCH3 is 1. The molecular weight excluding hydrogens is 356 g/mol. The van der Waals surface area contributed by atoms with Gasteiger partial charge in [0.2, 0.25) is 0 Å². The van der Waals surface area contributed by atoms with E-state index < -0.39 is 0 Å². The Bertz CT molecular complexity index is 680. The molecule has 0 aromatic heterocycles. The highest BCUT2D eigenvalue weighted by atomic mass is 79.9. The fraction of sp³-hybridized carbons (Fsp3) is 0.278. The molecule has 1 saturated heterocycles. The van der Waals surface area contributed by atoms with Gasteiger partial charge < -0.3 is 14.5 Å². The van der Waals surface area contributed by atoms with Gasteiger partial charge in [0, 0.05) is 36.3 Å². The third kappa shape index (κ3) is 3.50. The maximum atomic E-state index is 12.6. The van der Waals surface area contributed by atoms with Crippen molar-refractivity contribution in [2.45, 2.75) is 0 Å². The quantitative estimate of drug-likeness (QED) is 0.824. The molecule has 0 aliphatic carbocycles. The largest absolute Gasteiger partial charge is 0.497 e. The van der Waals surface area contributed by atoms with Crippen LogP contribution in [0.15, 0.2) is 53.0 Å². The number of carbonyl (C=O) groups is 1. The van der Waals surface area contributed by atoms with Crippen LogP contribution < -0.4 is 9.64 Å². The van der Waals surface area contributed by atoms with E-state index in [1.807, 2.05) is 41.3 Å². The van der Waals surface area contributed by atoms with Crippen molar-refractivity contribution in [1.29, 1.82) is 0 Å². The van der Waals surface area contributed by atoms with E-state index in [-0.39, 0.29) is 5.91 Å². The summed E-state index contributed by atoms with van der Waals surface area (Å²) in [7, 11) is 1.67. The lowest BCUT2D eigenvalue weighted by Gasteiger charge is -2.36. The van der Waals surface area contributed by atoms with Crippen LogP contribution in [-0.4, -0.2) is 44.1 Å². The summed E-state index contributed by atoms with van der Waals surface area (Å²) in [5.41, 5.74) is 1.89. The summed E-state index contributed by atoms with van der Waals surface area (Å²) >= 11 is 3.46. The van der Waals surface area contributed by atoms with Crippen LogP contribution in [-0.2, 0) is 0 Å². The fourth-order valence-corrected chi connectivity index (χ4v) is 3.22. The van der Waals surface area contributed by atoms with Crippen LogP contribution in [0.4, 0.5) is 5.69 Å². The Hall–Kier alpha value is -2.01. The zero-order valence-electron chi connectivity index (χ0n) is 13.0. The lowest BCUT2D eigenvalue weighted by Crippen LogP contribution is -2.48. The first-order valence-corrected chi connectivity index (χ1v) is 8.41. The van der Waals surface area contributed by atoms with Gasteiger partial charge >= 0.3 is 0 Å². The molecule has 1 aliphatic heterocycles. The smallest absolute Gasteiger partial charge is 0.255 e. The van der Waals surface area contributed by atoms with E-state index in [0.717, 1.165) is 42.0 Å². The first-order chi connectivity index (χ1) is 11.2. The molecule has 4 nitrogen and oxygen atoms in total. The Kier molecular flexibility index (Phi) is 4.86. The fourth-order valence-electron chi connectivity index (χ4n) is 2.77. The van der Waals surface area contributed by atoms with E-state index in [4.69, 9.17) is 4.74 Å². The van der Waals surface area contributed by atoms with Crippen LogP contribution in [0.1, 0.15) is 10.4 Å². The van der Waals surface area contributed by atoms with Gasteiger partial charge in [-0.25, -0.2) is 0 Å². The average molecular weight is 375 g/mol. The number of carbonyl (C=O) groups excluding carboxylic acids is 1. The first-order valence-electron chi connectivity index (χ1n) is 7.62. The topological polar surface area (TPSA) is 32.8 Å². The van der Waals surface area contributed by atoms with E-state index in [0.29, 0.717) is 0 Å². The Morgan fingerprint density at radius 1 is 1.00 bits per heavy atom. The van der Waals surface area contributed by atoms with Crippen molar-refractivity contribution in [2.75, 3.05) is 38.2 Å². The summed E-state index contributed by atoms with van der Waals surface area (Å²) in [5.74, 6) is 0.948. The Morgan fingerprint density at radius 2 is 1.65 bits per heavy atom.